The zero-order chi connectivity index (χ0) is 9.61. The quantitative estimate of drug-likeness (QED) is 0.638. The molecule has 0 bridgehead atoms. The van der Waals surface area contributed by atoms with E-state index in [9.17, 15) is 0 Å². The van der Waals surface area contributed by atoms with Gasteiger partial charge in [-0.15, -0.1) is 0 Å². The van der Waals surface area contributed by atoms with E-state index in [1.54, 1.807) is 0 Å². The maximum atomic E-state index is 5.49. The van der Waals surface area contributed by atoms with Gasteiger partial charge in [0.25, 0.3) is 0 Å². The van der Waals surface area contributed by atoms with E-state index in [0.29, 0.717) is 19.8 Å². The van der Waals surface area contributed by atoms with Crippen molar-refractivity contribution in [2.45, 2.75) is 39.3 Å². The van der Waals surface area contributed by atoms with Crippen molar-refractivity contribution >= 4 is 0 Å². The summed E-state index contributed by atoms with van der Waals surface area (Å²) in [5, 5.41) is 0. The van der Waals surface area contributed by atoms with Crippen molar-refractivity contribution in [1.82, 2.24) is 0 Å². The Morgan fingerprint density at radius 2 is 1.83 bits per heavy atom. The van der Waals surface area contributed by atoms with Crippen LogP contribution in [0.1, 0.15) is 27.7 Å². The van der Waals surface area contributed by atoms with E-state index in [-0.39, 0.29) is 11.6 Å². The molecule has 0 aromatic carbocycles. The molecule has 0 aliphatic carbocycles. The van der Waals surface area contributed by atoms with E-state index in [1.807, 2.05) is 27.7 Å². The Morgan fingerprint density at radius 1 is 1.25 bits per heavy atom. The van der Waals surface area contributed by atoms with Crippen LogP contribution in [0.3, 0.4) is 0 Å². The standard InChI is InChI=1S/C9H21NO2/c1-8(10)7-11-5-6-12-9(2,3)4/h8H,5-7,10H2,1-4H3/t8-/m1/s1. The lowest BCUT2D eigenvalue weighted by molar-refractivity contribution is -0.0358. The Morgan fingerprint density at radius 3 is 2.25 bits per heavy atom. The molecule has 0 aliphatic heterocycles. The summed E-state index contributed by atoms with van der Waals surface area (Å²) < 4.78 is 10.7. The van der Waals surface area contributed by atoms with Gasteiger partial charge < -0.3 is 15.2 Å². The predicted octanol–water partition coefficient (Wildman–Crippen LogP) is 1.17. The maximum Gasteiger partial charge on any atom is 0.0707 e. The van der Waals surface area contributed by atoms with Gasteiger partial charge in [0.05, 0.1) is 25.4 Å². The van der Waals surface area contributed by atoms with E-state index in [2.05, 4.69) is 0 Å². The lowest BCUT2D eigenvalue weighted by Gasteiger charge is -2.19. The van der Waals surface area contributed by atoms with Gasteiger partial charge in [0.15, 0.2) is 0 Å². The van der Waals surface area contributed by atoms with Gasteiger partial charge in [0.1, 0.15) is 0 Å². The van der Waals surface area contributed by atoms with Crippen LogP contribution in [0.2, 0.25) is 0 Å². The minimum absolute atomic E-state index is 0.0717. The lowest BCUT2D eigenvalue weighted by Crippen LogP contribution is -2.25. The summed E-state index contributed by atoms with van der Waals surface area (Å²) in [6.45, 7) is 9.86. The monoisotopic (exact) mass is 175 g/mol. The first-order chi connectivity index (χ1) is 5.42. The molecule has 0 amide bonds. The molecule has 0 aromatic heterocycles. The smallest absolute Gasteiger partial charge is 0.0707 e. The summed E-state index contributed by atoms with van der Waals surface area (Å²) in [4.78, 5) is 0. The second-order valence-electron chi connectivity index (χ2n) is 4.01. The van der Waals surface area contributed by atoms with E-state index in [0.717, 1.165) is 0 Å². The first kappa shape index (κ1) is 11.9. The van der Waals surface area contributed by atoms with Crippen LogP contribution in [0.25, 0.3) is 0 Å². The minimum Gasteiger partial charge on any atom is -0.377 e. The molecule has 0 heterocycles. The average Bonchev–Trinajstić information content (AvgIpc) is 1.83. The third-order valence-corrected chi connectivity index (χ3v) is 1.14. The number of hydrogen-bond donors (Lipinski definition) is 1. The van der Waals surface area contributed by atoms with Crippen molar-refractivity contribution in [3.63, 3.8) is 0 Å². The molecular formula is C9H21NO2. The fourth-order valence-electron chi connectivity index (χ4n) is 0.676. The summed E-state index contributed by atoms with van der Waals surface area (Å²) in [6.07, 6.45) is 0. The van der Waals surface area contributed by atoms with Crippen molar-refractivity contribution in [2.24, 2.45) is 5.73 Å². The number of nitrogens with two attached hydrogens (primary N) is 1. The van der Waals surface area contributed by atoms with Crippen molar-refractivity contribution < 1.29 is 9.47 Å². The zero-order valence-electron chi connectivity index (χ0n) is 8.59. The van der Waals surface area contributed by atoms with Crippen LogP contribution in [-0.2, 0) is 9.47 Å². The lowest BCUT2D eigenvalue weighted by atomic mass is 10.2. The molecule has 0 radical (unpaired) electrons. The molecule has 0 unspecified atom stereocenters. The first-order valence-corrected chi connectivity index (χ1v) is 4.39. The highest BCUT2D eigenvalue weighted by Gasteiger charge is 2.08. The molecule has 0 spiro atoms. The van der Waals surface area contributed by atoms with E-state index < -0.39 is 0 Å². The second-order valence-corrected chi connectivity index (χ2v) is 4.01. The second kappa shape index (κ2) is 5.51. The van der Waals surface area contributed by atoms with Gasteiger partial charge in [-0.1, -0.05) is 0 Å². The van der Waals surface area contributed by atoms with Crippen molar-refractivity contribution in [3.8, 4) is 0 Å². The summed E-state index contributed by atoms with van der Waals surface area (Å²) >= 11 is 0. The van der Waals surface area contributed by atoms with Crippen molar-refractivity contribution in [2.75, 3.05) is 19.8 Å². The normalized spacial score (nSPS) is 14.8. The third-order valence-electron chi connectivity index (χ3n) is 1.14. The SMILES string of the molecule is C[C@@H](N)COCCOC(C)(C)C. The van der Waals surface area contributed by atoms with Gasteiger partial charge in [-0.05, 0) is 27.7 Å². The topological polar surface area (TPSA) is 44.5 Å². The number of ether oxygens (including phenoxy) is 2. The van der Waals surface area contributed by atoms with Gasteiger partial charge in [0.2, 0.25) is 0 Å². The molecule has 74 valence electrons. The average molecular weight is 175 g/mol. The minimum atomic E-state index is -0.0717. The van der Waals surface area contributed by atoms with Gasteiger partial charge in [-0.3, -0.25) is 0 Å². The van der Waals surface area contributed by atoms with Crippen LogP contribution in [0.5, 0.6) is 0 Å². The Kier molecular flexibility index (Phi) is 5.46. The molecule has 2 N–H and O–H groups in total. The first-order valence-electron chi connectivity index (χ1n) is 4.39. The molecule has 0 saturated heterocycles. The van der Waals surface area contributed by atoms with Crippen LogP contribution >= 0.6 is 0 Å². The molecular weight excluding hydrogens is 154 g/mol. The summed E-state index contributed by atoms with van der Waals surface area (Å²) in [5.41, 5.74) is 5.42. The Balaban J connectivity index is 3.12. The van der Waals surface area contributed by atoms with Gasteiger partial charge in [0, 0.05) is 6.04 Å². The predicted molar refractivity (Wildman–Crippen MR) is 50.2 cm³/mol. The van der Waals surface area contributed by atoms with Gasteiger partial charge in [-0.2, -0.15) is 0 Å². The molecule has 0 saturated carbocycles. The molecule has 0 aromatic rings. The summed E-state index contributed by atoms with van der Waals surface area (Å²) in [7, 11) is 0. The van der Waals surface area contributed by atoms with Gasteiger partial charge in [-0.25, -0.2) is 0 Å². The molecule has 3 heteroatoms. The van der Waals surface area contributed by atoms with E-state index in [4.69, 9.17) is 15.2 Å². The molecule has 3 nitrogen and oxygen atoms in total. The van der Waals surface area contributed by atoms with E-state index in [1.165, 1.54) is 0 Å². The highest BCUT2D eigenvalue weighted by atomic mass is 16.5. The number of rotatable bonds is 5. The maximum absolute atomic E-state index is 5.49. The zero-order valence-corrected chi connectivity index (χ0v) is 8.59. The molecule has 0 aliphatic rings. The molecule has 12 heavy (non-hydrogen) atoms. The highest BCUT2D eigenvalue weighted by Crippen LogP contribution is 2.05. The fourth-order valence-corrected chi connectivity index (χ4v) is 0.676. The van der Waals surface area contributed by atoms with Crippen LogP contribution < -0.4 is 5.73 Å². The Hall–Kier alpha value is -0.120. The van der Waals surface area contributed by atoms with Crippen molar-refractivity contribution in [3.05, 3.63) is 0 Å². The largest absolute Gasteiger partial charge is 0.377 e. The Bertz CT molecular complexity index is 108. The summed E-state index contributed by atoms with van der Waals surface area (Å²) in [6, 6.07) is 0.111. The van der Waals surface area contributed by atoms with Crippen LogP contribution in [0, 0.1) is 0 Å². The Labute approximate surface area is 75.2 Å². The highest BCUT2D eigenvalue weighted by molar-refractivity contribution is 4.58. The molecule has 0 rings (SSSR count). The van der Waals surface area contributed by atoms with E-state index >= 15 is 0 Å². The third kappa shape index (κ3) is 9.88. The van der Waals surface area contributed by atoms with Crippen LogP contribution in [0.4, 0.5) is 0 Å². The van der Waals surface area contributed by atoms with Crippen molar-refractivity contribution in [1.29, 1.82) is 0 Å². The van der Waals surface area contributed by atoms with Crippen LogP contribution in [-0.4, -0.2) is 31.5 Å². The van der Waals surface area contributed by atoms with Crippen LogP contribution in [0.15, 0.2) is 0 Å². The molecule has 1 atom stereocenters. The fraction of sp³-hybridized carbons (Fsp3) is 1.00. The number of hydrogen-bond acceptors (Lipinski definition) is 3. The summed E-state index contributed by atoms with van der Waals surface area (Å²) in [5.74, 6) is 0. The van der Waals surface area contributed by atoms with Gasteiger partial charge >= 0.3 is 0 Å². The molecule has 0 fully saturated rings.